The molecule has 236 valence electrons. The highest BCUT2D eigenvalue weighted by molar-refractivity contribution is 5.70. The molecule has 4 rings (SSSR count). The van der Waals surface area contributed by atoms with Crippen LogP contribution >= 0.6 is 0 Å². The lowest BCUT2D eigenvalue weighted by Gasteiger charge is -2.12. The lowest BCUT2D eigenvalue weighted by molar-refractivity contribution is -0.144. The van der Waals surface area contributed by atoms with Crippen LogP contribution in [0.3, 0.4) is 0 Å². The fraction of sp³-hybridized carbons (Fsp3) is 0.118. The Morgan fingerprint density at radius 1 is 0.326 bits per heavy atom. The normalized spacial score (nSPS) is 12.3. The van der Waals surface area contributed by atoms with Crippen molar-refractivity contribution in [2.75, 3.05) is 0 Å². The van der Waals surface area contributed by atoms with Gasteiger partial charge in [-0.1, -0.05) is 60.1 Å². The van der Waals surface area contributed by atoms with Gasteiger partial charge in [0.05, 0.1) is 22.3 Å². The van der Waals surface area contributed by atoms with Gasteiger partial charge >= 0.3 is 24.7 Å². The largest absolute Gasteiger partial charge is 0.416 e. The number of hydrogen-bond donors (Lipinski definition) is 0. The molecule has 0 amide bonds. The van der Waals surface area contributed by atoms with Crippen molar-refractivity contribution in [2.45, 2.75) is 24.7 Å². The lowest BCUT2D eigenvalue weighted by Crippen LogP contribution is -2.11. The Bertz CT molecular complexity index is 1660. The molecule has 0 saturated heterocycles. The third kappa shape index (κ3) is 9.21. The smallest absolute Gasteiger partial charge is 0.166 e. The zero-order chi connectivity index (χ0) is 33.9. The number of rotatable bonds is 2. The molecule has 4 aromatic rings. The minimum Gasteiger partial charge on any atom is -0.166 e. The maximum absolute atomic E-state index is 13.1. The van der Waals surface area contributed by atoms with Crippen LogP contribution in [-0.2, 0) is 24.7 Å². The molecule has 0 aliphatic heterocycles. The first-order chi connectivity index (χ1) is 21.3. The topological polar surface area (TPSA) is 0 Å². The second-order valence-corrected chi connectivity index (χ2v) is 9.67. The summed E-state index contributed by atoms with van der Waals surface area (Å²) < 4.78 is 157. The summed E-state index contributed by atoms with van der Waals surface area (Å²) in [5.74, 6) is 9.73. The molecular weight excluding hydrogens is 636 g/mol. The molecule has 4 aromatic carbocycles. The van der Waals surface area contributed by atoms with Crippen LogP contribution in [0.2, 0.25) is 0 Å². The van der Waals surface area contributed by atoms with Crippen molar-refractivity contribution < 1.29 is 52.7 Å². The minimum atomic E-state index is -4.99. The van der Waals surface area contributed by atoms with Crippen LogP contribution in [-0.4, -0.2) is 0 Å². The van der Waals surface area contributed by atoms with E-state index in [-0.39, 0.29) is 12.1 Å². The molecule has 0 aliphatic carbocycles. The van der Waals surface area contributed by atoms with Crippen molar-refractivity contribution in [1.29, 1.82) is 0 Å². The van der Waals surface area contributed by atoms with Crippen molar-refractivity contribution >= 4 is 12.2 Å². The van der Waals surface area contributed by atoms with Gasteiger partial charge in [-0.3, -0.25) is 0 Å². The molecule has 0 N–H and O–H groups in total. The summed E-state index contributed by atoms with van der Waals surface area (Å²) in [6.45, 7) is 0. The van der Waals surface area contributed by atoms with Crippen LogP contribution < -0.4 is 0 Å². The molecule has 0 saturated carbocycles. The van der Waals surface area contributed by atoms with E-state index in [1.165, 1.54) is 24.3 Å². The standard InChI is InChI=1S/C34H16F12/c35-31(36,37)27-15-25(16-28(19-27)32(38,39)40)13-11-23-7-3-21(4-8-23)1-2-22-5-9-24(10-6-22)12-14-26-17-29(33(41,42)43)20-30(18-26)34(44,45)46/h1-10,15-20H/b2-1+. The van der Waals surface area contributed by atoms with E-state index in [1.807, 2.05) is 0 Å². The maximum Gasteiger partial charge on any atom is 0.416 e. The van der Waals surface area contributed by atoms with Gasteiger partial charge in [0.25, 0.3) is 0 Å². The van der Waals surface area contributed by atoms with Crippen LogP contribution in [0, 0.1) is 23.7 Å². The van der Waals surface area contributed by atoms with Crippen LogP contribution in [0.15, 0.2) is 84.9 Å². The highest BCUT2D eigenvalue weighted by Gasteiger charge is 2.38. The van der Waals surface area contributed by atoms with E-state index < -0.39 is 58.1 Å². The van der Waals surface area contributed by atoms with Crippen molar-refractivity contribution in [3.63, 3.8) is 0 Å². The third-order valence-electron chi connectivity index (χ3n) is 6.17. The monoisotopic (exact) mass is 652 g/mol. The van der Waals surface area contributed by atoms with Crippen LogP contribution in [0.5, 0.6) is 0 Å². The fourth-order valence-electron chi connectivity index (χ4n) is 3.89. The SMILES string of the molecule is FC(F)(F)c1cc(C#Cc2ccc(/C=C/c3ccc(C#Cc4cc(C(F)(F)F)cc(C(F)(F)F)c4)cc3)cc2)cc(C(F)(F)F)c1. The summed E-state index contributed by atoms with van der Waals surface area (Å²) in [7, 11) is 0. The zero-order valence-electron chi connectivity index (χ0n) is 22.8. The average molecular weight is 652 g/mol. The van der Waals surface area contributed by atoms with Crippen molar-refractivity contribution in [3.05, 3.63) is 141 Å². The molecule has 0 fully saturated rings. The van der Waals surface area contributed by atoms with Gasteiger partial charge in [0.1, 0.15) is 0 Å². The first kappa shape index (κ1) is 33.8. The van der Waals surface area contributed by atoms with Crippen molar-refractivity contribution in [1.82, 2.24) is 0 Å². The van der Waals surface area contributed by atoms with Gasteiger partial charge in [-0.15, -0.1) is 0 Å². The van der Waals surface area contributed by atoms with Gasteiger partial charge in [-0.2, -0.15) is 52.7 Å². The minimum absolute atomic E-state index is 0.0179. The van der Waals surface area contributed by atoms with Gasteiger partial charge in [0, 0.05) is 22.3 Å². The van der Waals surface area contributed by atoms with Crippen molar-refractivity contribution in [3.8, 4) is 23.7 Å². The molecule has 0 heterocycles. The highest BCUT2D eigenvalue weighted by Crippen LogP contribution is 2.37. The summed E-state index contributed by atoms with van der Waals surface area (Å²) in [5.41, 5.74) is -4.81. The molecule has 0 aliphatic rings. The quantitative estimate of drug-likeness (QED) is 0.115. The first-order valence-corrected chi connectivity index (χ1v) is 12.8. The van der Waals surface area contributed by atoms with E-state index in [4.69, 9.17) is 0 Å². The summed E-state index contributed by atoms with van der Waals surface area (Å²) in [6.07, 6.45) is -16.6. The molecule has 0 spiro atoms. The fourth-order valence-corrected chi connectivity index (χ4v) is 3.89. The first-order valence-electron chi connectivity index (χ1n) is 12.8. The Balaban J connectivity index is 1.47. The molecule has 0 nitrogen and oxygen atoms in total. The Hall–Kier alpha value is -5.10. The van der Waals surface area contributed by atoms with E-state index in [0.29, 0.717) is 46.5 Å². The molecule has 0 bridgehead atoms. The average Bonchev–Trinajstić information content (AvgIpc) is 2.97. The molecule has 12 heteroatoms. The van der Waals surface area contributed by atoms with Crippen LogP contribution in [0.1, 0.15) is 55.6 Å². The molecule has 0 aromatic heterocycles. The molecule has 0 atom stereocenters. The van der Waals surface area contributed by atoms with Crippen LogP contribution in [0.4, 0.5) is 52.7 Å². The Morgan fingerprint density at radius 3 is 0.804 bits per heavy atom. The second kappa shape index (κ2) is 12.7. The van der Waals surface area contributed by atoms with E-state index in [9.17, 15) is 52.7 Å². The van der Waals surface area contributed by atoms with Gasteiger partial charge in [-0.05, 0) is 71.8 Å². The van der Waals surface area contributed by atoms with E-state index in [0.717, 1.165) is 0 Å². The predicted octanol–water partition coefficient (Wildman–Crippen LogP) is 10.7. The molecule has 0 unspecified atom stereocenters. The van der Waals surface area contributed by atoms with Gasteiger partial charge in [-0.25, -0.2) is 0 Å². The van der Waals surface area contributed by atoms with E-state index in [1.54, 1.807) is 36.4 Å². The number of alkyl halides is 12. The Morgan fingerprint density at radius 2 is 0.565 bits per heavy atom. The Labute approximate surface area is 254 Å². The third-order valence-corrected chi connectivity index (χ3v) is 6.17. The van der Waals surface area contributed by atoms with Crippen LogP contribution in [0.25, 0.3) is 12.2 Å². The summed E-state index contributed by atoms with van der Waals surface area (Å²) in [6, 6.07) is 14.7. The summed E-state index contributed by atoms with van der Waals surface area (Å²) in [5, 5.41) is 0. The summed E-state index contributed by atoms with van der Waals surface area (Å²) in [4.78, 5) is 0. The van der Waals surface area contributed by atoms with E-state index in [2.05, 4.69) is 23.7 Å². The number of benzene rings is 4. The second-order valence-electron chi connectivity index (χ2n) is 9.67. The molecular formula is C34H16F12. The Kier molecular flexibility index (Phi) is 9.34. The highest BCUT2D eigenvalue weighted by atomic mass is 19.4. The van der Waals surface area contributed by atoms with Gasteiger partial charge in [0.15, 0.2) is 0 Å². The predicted molar refractivity (Wildman–Crippen MR) is 147 cm³/mol. The van der Waals surface area contributed by atoms with E-state index >= 15 is 0 Å². The zero-order valence-corrected chi connectivity index (χ0v) is 22.8. The van der Waals surface area contributed by atoms with Crippen molar-refractivity contribution in [2.24, 2.45) is 0 Å². The summed E-state index contributed by atoms with van der Waals surface area (Å²) >= 11 is 0. The number of hydrogen-bond acceptors (Lipinski definition) is 0. The lowest BCUT2D eigenvalue weighted by atomic mass is 10.0. The molecule has 0 radical (unpaired) electrons. The number of halogens is 12. The maximum atomic E-state index is 13.1. The molecule has 46 heavy (non-hydrogen) atoms. The van der Waals surface area contributed by atoms with Gasteiger partial charge in [0.2, 0.25) is 0 Å². The van der Waals surface area contributed by atoms with Gasteiger partial charge < -0.3 is 0 Å².